The van der Waals surface area contributed by atoms with E-state index >= 15 is 0 Å². The van der Waals surface area contributed by atoms with E-state index in [4.69, 9.17) is 0 Å². The normalized spacial score (nSPS) is 26.9. The minimum atomic E-state index is -0.570. The van der Waals surface area contributed by atoms with Gasteiger partial charge in [-0.05, 0) is 22.6 Å². The van der Waals surface area contributed by atoms with Crippen LogP contribution in [-0.4, -0.2) is 28.1 Å². The van der Waals surface area contributed by atoms with Crippen molar-refractivity contribution in [1.82, 2.24) is 4.90 Å². The second-order valence-electron chi connectivity index (χ2n) is 1.63. The van der Waals surface area contributed by atoms with Gasteiger partial charge in [0.15, 0.2) is 4.05 Å². The summed E-state index contributed by atoms with van der Waals surface area (Å²) in [6.45, 7) is 0. The number of amides is 1. The second kappa shape index (κ2) is 2.13. The summed E-state index contributed by atoms with van der Waals surface area (Å²) < 4.78 is 3.78. The molecule has 0 aromatic heterocycles. The van der Waals surface area contributed by atoms with Crippen LogP contribution >= 0.6 is 22.6 Å². The summed E-state index contributed by atoms with van der Waals surface area (Å²) >= 11 is 1.83. The van der Waals surface area contributed by atoms with E-state index in [9.17, 15) is 9.59 Å². The third kappa shape index (κ3) is 1.00. The van der Waals surface area contributed by atoms with Gasteiger partial charge in [0.1, 0.15) is 0 Å². The lowest BCUT2D eigenvalue weighted by atomic mass is 10.6. The van der Waals surface area contributed by atoms with Crippen molar-refractivity contribution in [3.8, 4) is 0 Å². The molecule has 1 heterocycles. The molecule has 0 aromatic rings. The van der Waals surface area contributed by atoms with Crippen molar-refractivity contribution in [2.45, 2.75) is 4.05 Å². The molecule has 1 fully saturated rings. The Hall–Kier alpha value is -0.330. The number of hydrogen-bond acceptors (Lipinski definition) is 3. The molecule has 0 bridgehead atoms. The van der Waals surface area contributed by atoms with E-state index in [0.29, 0.717) is 0 Å². The third-order valence-corrected chi connectivity index (χ3v) is 2.35. The first kappa shape index (κ1) is 6.79. The van der Waals surface area contributed by atoms with Crippen LogP contribution in [-0.2, 0) is 9.53 Å². The molecular formula is C4H4INO3. The van der Waals surface area contributed by atoms with Crippen molar-refractivity contribution in [2.24, 2.45) is 0 Å². The number of ether oxygens (including phenoxy) is 1. The molecule has 5 heteroatoms. The van der Waals surface area contributed by atoms with Crippen LogP contribution < -0.4 is 0 Å². The molecule has 1 unspecified atom stereocenters. The molecule has 1 saturated heterocycles. The third-order valence-electron chi connectivity index (χ3n) is 1.01. The number of carbonyl (C=O) groups is 2. The lowest BCUT2D eigenvalue weighted by Gasteiger charge is -2.04. The van der Waals surface area contributed by atoms with Crippen LogP contribution in [0.5, 0.6) is 0 Å². The van der Waals surface area contributed by atoms with Gasteiger partial charge in [-0.25, -0.2) is 9.59 Å². The van der Waals surface area contributed by atoms with Crippen molar-refractivity contribution in [1.29, 1.82) is 0 Å². The average Bonchev–Trinajstić information content (AvgIpc) is 1.98. The summed E-state index contributed by atoms with van der Waals surface area (Å²) in [6, 6.07) is 0. The summed E-state index contributed by atoms with van der Waals surface area (Å²) in [6.07, 6.45) is -0.570. The molecule has 1 aliphatic rings. The van der Waals surface area contributed by atoms with E-state index in [1.54, 1.807) is 0 Å². The van der Waals surface area contributed by atoms with Gasteiger partial charge in [0.25, 0.3) is 0 Å². The SMILES string of the molecule is CN1C(=O)OC(=O)C1I. The lowest BCUT2D eigenvalue weighted by Crippen LogP contribution is -2.25. The predicted octanol–water partition coefficient (Wildman–Crippen LogP) is 0.356. The van der Waals surface area contributed by atoms with Crippen LogP contribution in [0, 0.1) is 0 Å². The molecule has 0 N–H and O–H groups in total. The van der Waals surface area contributed by atoms with E-state index in [1.165, 1.54) is 11.9 Å². The first-order valence-corrected chi connectivity index (χ1v) is 3.50. The van der Waals surface area contributed by atoms with Gasteiger partial charge in [0, 0.05) is 7.05 Å². The smallest absolute Gasteiger partial charge is 0.374 e. The first-order chi connectivity index (χ1) is 4.13. The fourth-order valence-electron chi connectivity index (χ4n) is 0.457. The van der Waals surface area contributed by atoms with Crippen LogP contribution in [0.15, 0.2) is 0 Å². The number of cyclic esters (lactones) is 2. The van der Waals surface area contributed by atoms with Gasteiger partial charge < -0.3 is 4.74 Å². The maximum absolute atomic E-state index is 10.5. The topological polar surface area (TPSA) is 46.6 Å². The fraction of sp³-hybridized carbons (Fsp3) is 0.500. The molecule has 1 atom stereocenters. The number of carbonyl (C=O) groups excluding carboxylic acids is 2. The Morgan fingerprint density at radius 3 is 2.33 bits per heavy atom. The fourth-order valence-corrected chi connectivity index (χ4v) is 0.812. The summed E-state index contributed by atoms with van der Waals surface area (Å²) in [4.78, 5) is 22.2. The van der Waals surface area contributed by atoms with Crippen LogP contribution in [0.3, 0.4) is 0 Å². The Bertz CT molecular complexity index is 151. The molecule has 0 spiro atoms. The zero-order chi connectivity index (χ0) is 7.02. The molecule has 9 heavy (non-hydrogen) atoms. The Balaban J connectivity index is 2.77. The van der Waals surface area contributed by atoms with E-state index in [2.05, 4.69) is 4.74 Å². The number of nitrogens with zero attached hydrogens (tertiary/aromatic N) is 1. The van der Waals surface area contributed by atoms with Crippen molar-refractivity contribution in [3.05, 3.63) is 0 Å². The van der Waals surface area contributed by atoms with E-state index < -0.39 is 16.1 Å². The highest BCUT2D eigenvalue weighted by Gasteiger charge is 2.35. The maximum atomic E-state index is 10.5. The molecule has 1 amide bonds. The Morgan fingerprint density at radius 2 is 2.22 bits per heavy atom. The monoisotopic (exact) mass is 241 g/mol. The summed E-state index contributed by atoms with van der Waals surface area (Å²) in [5.74, 6) is -0.483. The summed E-state index contributed by atoms with van der Waals surface area (Å²) in [5, 5.41) is 0. The average molecular weight is 241 g/mol. The molecule has 0 saturated carbocycles. The summed E-state index contributed by atoms with van der Waals surface area (Å²) in [7, 11) is 1.52. The number of likely N-dealkylation sites (N-methyl/N-ethyl adjacent to an activating group) is 1. The molecule has 1 aliphatic heterocycles. The standard InChI is InChI=1S/C4H4INO3/c1-6-2(5)3(7)9-4(6)8/h2H,1H3. The summed E-state index contributed by atoms with van der Waals surface area (Å²) in [5.41, 5.74) is 0. The van der Waals surface area contributed by atoms with Gasteiger partial charge in [-0.15, -0.1) is 0 Å². The van der Waals surface area contributed by atoms with Gasteiger partial charge in [-0.3, -0.25) is 4.90 Å². The van der Waals surface area contributed by atoms with Gasteiger partial charge >= 0.3 is 12.1 Å². The molecule has 0 aromatic carbocycles. The highest BCUT2D eigenvalue weighted by molar-refractivity contribution is 14.1. The van der Waals surface area contributed by atoms with Crippen LogP contribution in [0.25, 0.3) is 0 Å². The van der Waals surface area contributed by atoms with E-state index in [-0.39, 0.29) is 0 Å². The van der Waals surface area contributed by atoms with Crippen molar-refractivity contribution in [2.75, 3.05) is 7.05 Å². The molecule has 1 rings (SSSR count). The van der Waals surface area contributed by atoms with Crippen molar-refractivity contribution >= 4 is 34.7 Å². The molecular weight excluding hydrogens is 237 g/mol. The van der Waals surface area contributed by atoms with Gasteiger partial charge in [-0.1, -0.05) is 0 Å². The largest absolute Gasteiger partial charge is 0.418 e. The van der Waals surface area contributed by atoms with Crippen LogP contribution in [0.1, 0.15) is 0 Å². The van der Waals surface area contributed by atoms with Crippen molar-refractivity contribution < 1.29 is 14.3 Å². The number of halogens is 1. The van der Waals surface area contributed by atoms with Crippen LogP contribution in [0.2, 0.25) is 0 Å². The minimum Gasteiger partial charge on any atom is -0.374 e. The molecule has 0 aliphatic carbocycles. The van der Waals surface area contributed by atoms with E-state index in [0.717, 1.165) is 0 Å². The van der Waals surface area contributed by atoms with Gasteiger partial charge in [0.05, 0.1) is 0 Å². The van der Waals surface area contributed by atoms with Crippen LogP contribution in [0.4, 0.5) is 4.79 Å². The van der Waals surface area contributed by atoms with Gasteiger partial charge in [-0.2, -0.15) is 0 Å². The quantitative estimate of drug-likeness (QED) is 0.202. The Labute approximate surface area is 65.3 Å². The maximum Gasteiger partial charge on any atom is 0.418 e. The van der Waals surface area contributed by atoms with E-state index in [1.807, 2.05) is 22.6 Å². The predicted molar refractivity (Wildman–Crippen MR) is 37.1 cm³/mol. The second-order valence-corrected chi connectivity index (χ2v) is 2.81. The number of esters is 1. The molecule has 50 valence electrons. The highest BCUT2D eigenvalue weighted by Crippen LogP contribution is 2.16. The Morgan fingerprint density at radius 1 is 1.67 bits per heavy atom. The number of rotatable bonds is 0. The highest BCUT2D eigenvalue weighted by atomic mass is 127. The molecule has 4 nitrogen and oxygen atoms in total. The number of hydrogen-bond donors (Lipinski definition) is 0. The van der Waals surface area contributed by atoms with Gasteiger partial charge in [0.2, 0.25) is 0 Å². The van der Waals surface area contributed by atoms with Crippen molar-refractivity contribution in [3.63, 3.8) is 0 Å². The first-order valence-electron chi connectivity index (χ1n) is 2.25. The Kier molecular flexibility index (Phi) is 1.60. The molecule has 0 radical (unpaired) electrons. The lowest BCUT2D eigenvalue weighted by molar-refractivity contribution is -0.133. The minimum absolute atomic E-state index is 0.449. The zero-order valence-electron chi connectivity index (χ0n) is 4.63. The number of alkyl halides is 1. The zero-order valence-corrected chi connectivity index (χ0v) is 6.78.